The van der Waals surface area contributed by atoms with E-state index in [1.165, 1.54) is 10.7 Å². The number of tetrazole rings is 1. The van der Waals surface area contributed by atoms with Crippen molar-refractivity contribution in [3.63, 3.8) is 0 Å². The fourth-order valence-corrected chi connectivity index (χ4v) is 4.72. The zero-order valence-electron chi connectivity index (χ0n) is 19.6. The number of aromatic nitrogens is 7. The Morgan fingerprint density at radius 2 is 1.97 bits per heavy atom. The van der Waals surface area contributed by atoms with E-state index in [9.17, 15) is 4.39 Å². The molecule has 4 heterocycles. The van der Waals surface area contributed by atoms with E-state index in [0.29, 0.717) is 17.5 Å². The molecule has 1 fully saturated rings. The van der Waals surface area contributed by atoms with Crippen LogP contribution in [0.3, 0.4) is 0 Å². The average Bonchev–Trinajstić information content (AvgIpc) is 3.52. The lowest BCUT2D eigenvalue weighted by molar-refractivity contribution is 0.164. The van der Waals surface area contributed by atoms with Crippen LogP contribution in [0.15, 0.2) is 42.9 Å². The summed E-state index contributed by atoms with van der Waals surface area (Å²) in [5, 5.41) is 16.4. The van der Waals surface area contributed by atoms with Gasteiger partial charge < -0.3 is 10.6 Å². The highest BCUT2D eigenvalue weighted by atomic mass is 35.5. The van der Waals surface area contributed by atoms with Crippen molar-refractivity contribution in [2.24, 2.45) is 5.92 Å². The van der Waals surface area contributed by atoms with Gasteiger partial charge in [-0.15, -0.1) is 5.10 Å². The highest BCUT2D eigenvalue weighted by Crippen LogP contribution is 2.31. The minimum atomic E-state index is -0.619. The first-order valence-corrected chi connectivity index (χ1v) is 12.0. The van der Waals surface area contributed by atoms with Crippen LogP contribution >= 0.6 is 11.6 Å². The van der Waals surface area contributed by atoms with Crippen molar-refractivity contribution in [2.75, 3.05) is 25.4 Å². The Morgan fingerprint density at radius 3 is 2.74 bits per heavy atom. The lowest BCUT2D eigenvalue weighted by Gasteiger charge is -2.33. The van der Waals surface area contributed by atoms with Crippen LogP contribution in [0.1, 0.15) is 32.7 Å². The van der Waals surface area contributed by atoms with Crippen molar-refractivity contribution in [3.8, 4) is 28.2 Å². The lowest BCUT2D eigenvalue weighted by atomic mass is 10.0. The Labute approximate surface area is 207 Å². The molecule has 1 saturated heterocycles. The maximum Gasteiger partial charge on any atom is 0.190 e. The smallest absolute Gasteiger partial charge is 0.190 e. The molecule has 5 rings (SSSR count). The molecule has 182 valence electrons. The number of pyridine rings is 1. The Kier molecular flexibility index (Phi) is 6.48. The second-order valence-corrected chi connectivity index (χ2v) is 9.69. The fourth-order valence-electron chi connectivity index (χ4n) is 4.56. The summed E-state index contributed by atoms with van der Waals surface area (Å²) in [6, 6.07) is 6.86. The second-order valence-electron chi connectivity index (χ2n) is 9.28. The normalized spacial score (nSPS) is 15.2. The van der Waals surface area contributed by atoms with Gasteiger partial charge in [0.25, 0.3) is 0 Å². The molecule has 11 heteroatoms. The summed E-state index contributed by atoms with van der Waals surface area (Å²) >= 11 is 5.96. The minimum absolute atomic E-state index is 0.0220. The number of anilines is 1. The molecule has 1 aliphatic heterocycles. The Bertz CT molecular complexity index is 1320. The zero-order valence-corrected chi connectivity index (χ0v) is 20.4. The van der Waals surface area contributed by atoms with Crippen LogP contribution in [0.4, 0.5) is 10.2 Å². The number of piperidine rings is 1. The first-order valence-electron chi connectivity index (χ1n) is 11.7. The van der Waals surface area contributed by atoms with Crippen LogP contribution in [0, 0.1) is 11.7 Å². The number of nitrogens with two attached hydrogens (primary N) is 1. The summed E-state index contributed by atoms with van der Waals surface area (Å²) in [7, 11) is 0. The summed E-state index contributed by atoms with van der Waals surface area (Å²) < 4.78 is 18.0. The largest absolute Gasteiger partial charge is 0.383 e. The number of nitrogen functional groups attached to an aromatic ring is 1. The number of rotatable bonds is 6. The summed E-state index contributed by atoms with van der Waals surface area (Å²) in [5.74, 6) is 0.553. The van der Waals surface area contributed by atoms with Crippen LogP contribution in [-0.4, -0.2) is 59.5 Å². The average molecular weight is 496 g/mol. The van der Waals surface area contributed by atoms with E-state index in [1.54, 1.807) is 18.3 Å². The van der Waals surface area contributed by atoms with Gasteiger partial charge in [0.15, 0.2) is 11.6 Å². The topological polar surface area (TPSA) is 104 Å². The van der Waals surface area contributed by atoms with Gasteiger partial charge in [-0.1, -0.05) is 31.5 Å². The van der Waals surface area contributed by atoms with Crippen LogP contribution < -0.4 is 5.73 Å². The Hall–Kier alpha value is -3.37. The van der Waals surface area contributed by atoms with Gasteiger partial charge in [-0.3, -0.25) is 4.68 Å². The van der Waals surface area contributed by atoms with Crippen molar-refractivity contribution in [1.82, 2.24) is 39.9 Å². The molecule has 1 aliphatic rings. The predicted octanol–water partition coefficient (Wildman–Crippen LogP) is 4.26. The number of likely N-dealkylation sites (tertiary alicyclic amines) is 1. The monoisotopic (exact) mass is 495 g/mol. The number of halogens is 2. The van der Waals surface area contributed by atoms with E-state index in [2.05, 4.69) is 44.4 Å². The third-order valence-corrected chi connectivity index (χ3v) is 6.57. The van der Waals surface area contributed by atoms with E-state index in [-0.39, 0.29) is 22.4 Å². The molecule has 3 aromatic heterocycles. The van der Waals surface area contributed by atoms with E-state index in [1.807, 2.05) is 23.1 Å². The highest BCUT2D eigenvalue weighted by Gasteiger charge is 2.23. The summed E-state index contributed by atoms with van der Waals surface area (Å²) in [6.45, 7) is 7.80. The van der Waals surface area contributed by atoms with Gasteiger partial charge in [-0.05, 0) is 47.4 Å². The molecule has 0 aliphatic carbocycles. The standard InChI is InChI=1S/C24H27ClFN9/c1-15(2)13-33-8-6-18(7-9-33)34-14-17(12-29-34)16-10-19(23(27)28-11-16)24-30-31-32-35(24)21-5-3-4-20(25)22(21)26/h3-5,10-12,14-15,18H,6-9,13H2,1-2H3,(H2,27,28). The molecule has 0 saturated carbocycles. The molecular formula is C24H27ClFN9. The minimum Gasteiger partial charge on any atom is -0.383 e. The van der Waals surface area contributed by atoms with Gasteiger partial charge >= 0.3 is 0 Å². The molecular weight excluding hydrogens is 469 g/mol. The fraction of sp³-hybridized carbons (Fsp3) is 0.375. The van der Waals surface area contributed by atoms with Gasteiger partial charge in [-0.2, -0.15) is 9.78 Å². The van der Waals surface area contributed by atoms with Gasteiger partial charge in [0.2, 0.25) is 0 Å². The number of hydrogen-bond acceptors (Lipinski definition) is 7. The molecule has 0 radical (unpaired) electrons. The molecule has 0 atom stereocenters. The van der Waals surface area contributed by atoms with Gasteiger partial charge in [0.1, 0.15) is 11.5 Å². The van der Waals surface area contributed by atoms with Crippen LogP contribution in [-0.2, 0) is 0 Å². The SMILES string of the molecule is CC(C)CN1CCC(n2cc(-c3cnc(N)c(-c4nnnn4-c4cccc(Cl)c4F)c3)cn2)CC1. The predicted molar refractivity (Wildman–Crippen MR) is 133 cm³/mol. The molecule has 0 unspecified atom stereocenters. The lowest BCUT2D eigenvalue weighted by Crippen LogP contribution is -2.36. The quantitative estimate of drug-likeness (QED) is 0.426. The van der Waals surface area contributed by atoms with Gasteiger partial charge in [-0.25, -0.2) is 9.37 Å². The van der Waals surface area contributed by atoms with Crippen molar-refractivity contribution in [2.45, 2.75) is 32.7 Å². The molecule has 0 amide bonds. The van der Waals surface area contributed by atoms with Crippen molar-refractivity contribution < 1.29 is 4.39 Å². The molecule has 9 nitrogen and oxygen atoms in total. The van der Waals surface area contributed by atoms with Crippen molar-refractivity contribution in [1.29, 1.82) is 0 Å². The molecule has 35 heavy (non-hydrogen) atoms. The first kappa shape index (κ1) is 23.4. The molecule has 0 spiro atoms. The van der Waals surface area contributed by atoms with Crippen LogP contribution in [0.2, 0.25) is 5.02 Å². The molecule has 4 aromatic rings. The number of hydrogen-bond donors (Lipinski definition) is 1. The van der Waals surface area contributed by atoms with Crippen LogP contribution in [0.5, 0.6) is 0 Å². The summed E-state index contributed by atoms with van der Waals surface area (Å²) in [4.78, 5) is 6.87. The summed E-state index contributed by atoms with van der Waals surface area (Å²) in [6.07, 6.45) is 7.70. The third kappa shape index (κ3) is 4.76. The first-order chi connectivity index (χ1) is 16.9. The molecule has 0 bridgehead atoms. The Morgan fingerprint density at radius 1 is 1.17 bits per heavy atom. The van der Waals surface area contributed by atoms with Crippen LogP contribution in [0.25, 0.3) is 28.2 Å². The van der Waals surface area contributed by atoms with Crippen molar-refractivity contribution in [3.05, 3.63) is 53.7 Å². The number of benzene rings is 1. The van der Waals surface area contributed by atoms with Gasteiger partial charge in [0.05, 0.1) is 22.8 Å². The maximum atomic E-state index is 14.7. The molecule has 2 N–H and O–H groups in total. The zero-order chi connectivity index (χ0) is 24.5. The van der Waals surface area contributed by atoms with Crippen molar-refractivity contribution >= 4 is 17.4 Å². The second kappa shape index (κ2) is 9.71. The molecule has 1 aromatic carbocycles. The van der Waals surface area contributed by atoms with E-state index >= 15 is 0 Å². The van der Waals surface area contributed by atoms with Gasteiger partial charge in [0, 0.05) is 43.2 Å². The summed E-state index contributed by atoms with van der Waals surface area (Å²) in [5.41, 5.74) is 8.52. The number of nitrogens with zero attached hydrogens (tertiary/aromatic N) is 8. The van der Waals surface area contributed by atoms with E-state index in [0.717, 1.165) is 43.6 Å². The highest BCUT2D eigenvalue weighted by molar-refractivity contribution is 6.30. The Balaban J connectivity index is 1.41. The third-order valence-electron chi connectivity index (χ3n) is 6.28. The van der Waals surface area contributed by atoms with E-state index in [4.69, 9.17) is 17.3 Å². The van der Waals surface area contributed by atoms with E-state index < -0.39 is 5.82 Å². The maximum absolute atomic E-state index is 14.7.